The van der Waals surface area contributed by atoms with Gasteiger partial charge in [-0.3, -0.25) is 4.90 Å². The lowest BCUT2D eigenvalue weighted by Crippen LogP contribution is -2.45. The molecule has 1 aromatic heterocycles. The molecule has 6 heteroatoms. The number of nitrogen functional groups attached to an aromatic ring is 1. The predicted molar refractivity (Wildman–Crippen MR) is 87.7 cm³/mol. The Balaban J connectivity index is 2.30. The number of oxazole rings is 1. The van der Waals surface area contributed by atoms with E-state index in [0.717, 1.165) is 5.56 Å². The van der Waals surface area contributed by atoms with Gasteiger partial charge in [0.1, 0.15) is 0 Å². The van der Waals surface area contributed by atoms with Crippen LogP contribution in [0.5, 0.6) is 0 Å². The zero-order valence-corrected chi connectivity index (χ0v) is 13.3. The lowest BCUT2D eigenvalue weighted by molar-refractivity contribution is 0.110. The highest BCUT2D eigenvalue weighted by atomic mass is 16.4. The molecule has 23 heavy (non-hydrogen) atoms. The fourth-order valence-electron chi connectivity index (χ4n) is 2.03. The number of carboxylic acid groups (broad SMARTS) is 1. The van der Waals surface area contributed by atoms with E-state index in [1.807, 2.05) is 20.8 Å². The molecule has 0 aliphatic rings. The molecule has 0 unspecified atom stereocenters. The first-order valence-corrected chi connectivity index (χ1v) is 7.07. The first kappa shape index (κ1) is 16.4. The van der Waals surface area contributed by atoms with Crippen LogP contribution < -0.4 is 5.73 Å². The lowest BCUT2D eigenvalue weighted by atomic mass is 10.0. The Kier molecular flexibility index (Phi) is 4.60. The van der Waals surface area contributed by atoms with Gasteiger partial charge in [-0.25, -0.2) is 9.78 Å². The van der Waals surface area contributed by atoms with Crippen LogP contribution in [0.3, 0.4) is 0 Å². The minimum Gasteiger partial charge on any atom is -0.465 e. The van der Waals surface area contributed by atoms with Gasteiger partial charge >= 0.3 is 6.09 Å². The molecule has 0 radical (unpaired) electrons. The van der Waals surface area contributed by atoms with E-state index in [1.54, 1.807) is 24.4 Å². The topological polar surface area (TPSA) is 92.6 Å². The summed E-state index contributed by atoms with van der Waals surface area (Å²) in [6, 6.07) is 5.27. The normalized spacial score (nSPS) is 10.7. The second kappa shape index (κ2) is 6.44. The second-order valence-electron chi connectivity index (χ2n) is 6.01. The molecule has 1 heterocycles. The predicted octanol–water partition coefficient (Wildman–Crippen LogP) is 3.05. The summed E-state index contributed by atoms with van der Waals surface area (Å²) in [7, 11) is 0. The molecule has 0 fully saturated rings. The molecule has 6 nitrogen and oxygen atoms in total. The zero-order valence-electron chi connectivity index (χ0n) is 13.3. The summed E-state index contributed by atoms with van der Waals surface area (Å²) in [4.78, 5) is 16.5. The molecular weight excluding hydrogens is 294 g/mol. The van der Waals surface area contributed by atoms with Gasteiger partial charge in [0.2, 0.25) is 0 Å². The average Bonchev–Trinajstić information content (AvgIpc) is 2.96. The van der Waals surface area contributed by atoms with Crippen LogP contribution in [-0.4, -0.2) is 33.2 Å². The molecule has 2 rings (SSSR count). The van der Waals surface area contributed by atoms with Crippen molar-refractivity contribution in [1.29, 1.82) is 0 Å². The summed E-state index contributed by atoms with van der Waals surface area (Å²) in [5.74, 6) is 6.45. The largest absolute Gasteiger partial charge is 0.465 e. The fraction of sp³-hybridized carbons (Fsp3) is 0.294. The summed E-state index contributed by atoms with van der Waals surface area (Å²) in [5, 5.41) is 9.27. The molecule has 0 bridgehead atoms. The van der Waals surface area contributed by atoms with Gasteiger partial charge < -0.3 is 15.3 Å². The summed E-state index contributed by atoms with van der Waals surface area (Å²) in [6.07, 6.45) is 1.92. The van der Waals surface area contributed by atoms with Gasteiger partial charge in [-0.05, 0) is 39.0 Å². The molecular formula is C17H19N3O3. The van der Waals surface area contributed by atoms with E-state index in [0.29, 0.717) is 17.0 Å². The Morgan fingerprint density at radius 1 is 1.43 bits per heavy atom. The smallest absolute Gasteiger partial charge is 0.408 e. The van der Waals surface area contributed by atoms with Crippen molar-refractivity contribution in [2.75, 3.05) is 12.3 Å². The Hall–Kier alpha value is -2.94. The van der Waals surface area contributed by atoms with Crippen molar-refractivity contribution in [3.05, 3.63) is 36.4 Å². The summed E-state index contributed by atoms with van der Waals surface area (Å²) in [5.41, 5.74) is 7.31. The highest BCUT2D eigenvalue weighted by Gasteiger charge is 2.24. The number of rotatable bonds is 2. The Labute approximate surface area is 134 Å². The number of hydrogen-bond acceptors (Lipinski definition) is 4. The molecule has 0 aliphatic heterocycles. The van der Waals surface area contributed by atoms with E-state index >= 15 is 0 Å². The van der Waals surface area contributed by atoms with E-state index in [4.69, 9.17) is 10.2 Å². The maximum atomic E-state index is 11.3. The minimum absolute atomic E-state index is 0.110. The fourth-order valence-corrected chi connectivity index (χ4v) is 2.03. The van der Waals surface area contributed by atoms with E-state index in [2.05, 4.69) is 16.8 Å². The standard InChI is InChI=1S/C17H19N3O3/c1-17(2,3)20(16(21)22)8-4-5-12-6-7-13(18)9-14(12)15-10-19-11-23-15/h6-7,9-11H,8,18H2,1-3H3,(H,21,22). The number of anilines is 1. The third-order valence-corrected chi connectivity index (χ3v) is 3.24. The van der Waals surface area contributed by atoms with Crippen molar-refractivity contribution >= 4 is 11.8 Å². The van der Waals surface area contributed by atoms with Crippen molar-refractivity contribution in [2.24, 2.45) is 0 Å². The van der Waals surface area contributed by atoms with E-state index in [9.17, 15) is 9.90 Å². The van der Waals surface area contributed by atoms with Crippen LogP contribution in [-0.2, 0) is 0 Å². The molecule has 2 aromatic rings. The second-order valence-corrected chi connectivity index (χ2v) is 6.01. The Bertz CT molecular complexity index is 750. The van der Waals surface area contributed by atoms with Gasteiger partial charge in [0, 0.05) is 22.4 Å². The average molecular weight is 313 g/mol. The maximum absolute atomic E-state index is 11.3. The van der Waals surface area contributed by atoms with Crippen LogP contribution in [0, 0.1) is 11.8 Å². The molecule has 1 amide bonds. The number of nitrogens with two attached hydrogens (primary N) is 1. The highest BCUT2D eigenvalue weighted by molar-refractivity contribution is 5.71. The van der Waals surface area contributed by atoms with Crippen LogP contribution >= 0.6 is 0 Å². The zero-order chi connectivity index (χ0) is 17.0. The van der Waals surface area contributed by atoms with Crippen LogP contribution in [0.4, 0.5) is 10.5 Å². The molecule has 1 aromatic carbocycles. The van der Waals surface area contributed by atoms with Crippen molar-refractivity contribution in [1.82, 2.24) is 9.88 Å². The van der Waals surface area contributed by atoms with Crippen LogP contribution in [0.1, 0.15) is 26.3 Å². The van der Waals surface area contributed by atoms with E-state index in [-0.39, 0.29) is 6.54 Å². The number of nitrogens with zero attached hydrogens (tertiary/aromatic N) is 2. The summed E-state index contributed by atoms with van der Waals surface area (Å²) < 4.78 is 5.30. The number of carbonyl (C=O) groups is 1. The van der Waals surface area contributed by atoms with E-state index in [1.165, 1.54) is 11.3 Å². The van der Waals surface area contributed by atoms with Crippen LogP contribution in [0.2, 0.25) is 0 Å². The number of aromatic nitrogens is 1. The Morgan fingerprint density at radius 3 is 2.74 bits per heavy atom. The number of benzene rings is 1. The molecule has 0 saturated carbocycles. The van der Waals surface area contributed by atoms with Gasteiger partial charge in [0.05, 0.1) is 12.7 Å². The molecule has 3 N–H and O–H groups in total. The van der Waals surface area contributed by atoms with Crippen LogP contribution in [0.25, 0.3) is 11.3 Å². The van der Waals surface area contributed by atoms with Crippen molar-refractivity contribution in [2.45, 2.75) is 26.3 Å². The van der Waals surface area contributed by atoms with Crippen molar-refractivity contribution in [3.63, 3.8) is 0 Å². The van der Waals surface area contributed by atoms with Gasteiger partial charge in [0.25, 0.3) is 0 Å². The number of amides is 1. The van der Waals surface area contributed by atoms with Gasteiger partial charge in [0.15, 0.2) is 12.2 Å². The van der Waals surface area contributed by atoms with Gasteiger partial charge in [-0.15, -0.1) is 0 Å². The molecule has 0 spiro atoms. The van der Waals surface area contributed by atoms with Gasteiger partial charge in [-0.2, -0.15) is 0 Å². The SMILES string of the molecule is CC(C)(C)N(CC#Cc1ccc(N)cc1-c1cnco1)C(=O)O. The van der Waals surface area contributed by atoms with Crippen molar-refractivity contribution in [3.8, 4) is 23.2 Å². The highest BCUT2D eigenvalue weighted by Crippen LogP contribution is 2.25. The number of hydrogen-bond donors (Lipinski definition) is 2. The monoisotopic (exact) mass is 313 g/mol. The molecule has 0 aliphatic carbocycles. The van der Waals surface area contributed by atoms with E-state index < -0.39 is 11.6 Å². The Morgan fingerprint density at radius 2 is 2.17 bits per heavy atom. The van der Waals surface area contributed by atoms with Gasteiger partial charge in [-0.1, -0.05) is 11.8 Å². The minimum atomic E-state index is -1.00. The van der Waals surface area contributed by atoms with Crippen molar-refractivity contribution < 1.29 is 14.3 Å². The summed E-state index contributed by atoms with van der Waals surface area (Å²) in [6.45, 7) is 5.59. The maximum Gasteiger partial charge on any atom is 0.408 e. The lowest BCUT2D eigenvalue weighted by Gasteiger charge is -2.31. The third kappa shape index (κ3) is 4.04. The third-order valence-electron chi connectivity index (χ3n) is 3.24. The first-order chi connectivity index (χ1) is 10.8. The quantitative estimate of drug-likeness (QED) is 0.656. The summed E-state index contributed by atoms with van der Waals surface area (Å²) >= 11 is 0. The molecule has 0 saturated heterocycles. The molecule has 0 atom stereocenters. The molecule has 120 valence electrons. The van der Waals surface area contributed by atoms with Crippen LogP contribution in [0.15, 0.2) is 35.2 Å². The first-order valence-electron chi connectivity index (χ1n) is 7.07.